The third-order valence-corrected chi connectivity index (χ3v) is 8.27. The van der Waals surface area contributed by atoms with Crippen molar-refractivity contribution in [1.82, 2.24) is 0 Å². The summed E-state index contributed by atoms with van der Waals surface area (Å²) >= 11 is 0. The highest BCUT2D eigenvalue weighted by Gasteiger charge is 2.30. The highest BCUT2D eigenvalue weighted by molar-refractivity contribution is 6.37. The largest absolute Gasteiger partial charge is 0.379 e. The van der Waals surface area contributed by atoms with Gasteiger partial charge in [0.1, 0.15) is 0 Å². The molecule has 1 atom stereocenters. The van der Waals surface area contributed by atoms with Crippen molar-refractivity contribution in [3.63, 3.8) is 0 Å². The van der Waals surface area contributed by atoms with Crippen LogP contribution in [0.1, 0.15) is 122 Å². The summed E-state index contributed by atoms with van der Waals surface area (Å²) in [4.78, 5) is 0. The maximum absolute atomic E-state index is 6.19. The molecule has 1 unspecified atom stereocenters. The first-order chi connectivity index (χ1) is 11.8. The molecule has 0 aromatic carbocycles. The van der Waals surface area contributed by atoms with Crippen molar-refractivity contribution in [2.24, 2.45) is 0 Å². The third kappa shape index (κ3) is 10.9. The van der Waals surface area contributed by atoms with Gasteiger partial charge in [-0.2, -0.15) is 0 Å². The van der Waals surface area contributed by atoms with Crippen LogP contribution in [0, 0.1) is 0 Å². The minimum absolute atomic E-state index is 0.0241. The molecule has 144 valence electrons. The van der Waals surface area contributed by atoms with Crippen molar-refractivity contribution in [2.45, 2.75) is 134 Å². The van der Waals surface area contributed by atoms with Gasteiger partial charge in [-0.1, -0.05) is 103 Å². The van der Waals surface area contributed by atoms with E-state index in [2.05, 4.69) is 13.5 Å². The van der Waals surface area contributed by atoms with Crippen LogP contribution in [0.25, 0.3) is 0 Å². The molecule has 1 saturated heterocycles. The summed E-state index contributed by atoms with van der Waals surface area (Å²) < 4.78 is 6.19. The van der Waals surface area contributed by atoms with E-state index in [4.69, 9.17) is 4.74 Å². The van der Waals surface area contributed by atoms with Crippen LogP contribution in [0.4, 0.5) is 0 Å². The second kappa shape index (κ2) is 15.4. The molecule has 1 rings (SSSR count). The molecule has 1 fully saturated rings. The van der Waals surface area contributed by atoms with Crippen LogP contribution in [0.2, 0.25) is 6.55 Å². The van der Waals surface area contributed by atoms with E-state index in [1.165, 1.54) is 116 Å². The van der Waals surface area contributed by atoms with Crippen molar-refractivity contribution >= 4 is 9.52 Å². The van der Waals surface area contributed by atoms with Crippen molar-refractivity contribution in [3.8, 4) is 0 Å². The Bertz CT molecular complexity index is 261. The first kappa shape index (κ1) is 22.2. The number of hydrogen-bond acceptors (Lipinski definition) is 1. The van der Waals surface area contributed by atoms with Crippen LogP contribution in [-0.2, 0) is 4.74 Å². The summed E-state index contributed by atoms with van der Waals surface area (Å²) in [6.07, 6.45) is 25.8. The maximum Gasteiger partial charge on any atom is 0.0564 e. The lowest BCUT2D eigenvalue weighted by Gasteiger charge is -2.36. The molecule has 0 radical (unpaired) electrons. The van der Waals surface area contributed by atoms with Gasteiger partial charge in [-0.05, 0) is 25.7 Å². The summed E-state index contributed by atoms with van der Waals surface area (Å²) in [6, 6.07) is 0. The van der Waals surface area contributed by atoms with Gasteiger partial charge in [-0.3, -0.25) is 0 Å². The molecule has 0 bridgehead atoms. The standard InChI is InChI=1S/C22H46OSi/c1-3-4-5-6-7-8-9-10-11-12-13-14-15-16-19-22(24-2)20-17-18-21-23-22/h3-21,24H2,1-2H3. The highest BCUT2D eigenvalue weighted by atomic mass is 28.2. The first-order valence-electron chi connectivity index (χ1n) is 11.5. The van der Waals surface area contributed by atoms with E-state index in [0.29, 0.717) is 5.22 Å². The smallest absolute Gasteiger partial charge is 0.0564 e. The number of unbranched alkanes of at least 4 members (excludes halogenated alkanes) is 13. The van der Waals surface area contributed by atoms with Crippen LogP contribution < -0.4 is 0 Å². The average molecular weight is 355 g/mol. The zero-order chi connectivity index (χ0) is 17.3. The van der Waals surface area contributed by atoms with Crippen LogP contribution in [0.5, 0.6) is 0 Å². The lowest BCUT2D eigenvalue weighted by molar-refractivity contribution is -0.0264. The second-order valence-electron chi connectivity index (χ2n) is 8.19. The minimum atomic E-state index is -0.0241. The van der Waals surface area contributed by atoms with Gasteiger partial charge in [-0.15, -0.1) is 0 Å². The highest BCUT2D eigenvalue weighted by Crippen LogP contribution is 2.29. The summed E-state index contributed by atoms with van der Waals surface area (Å²) in [5.41, 5.74) is 0. The Labute approximate surface area is 155 Å². The predicted octanol–water partition coefficient (Wildman–Crippen LogP) is 6.97. The molecule has 2 heteroatoms. The molecule has 24 heavy (non-hydrogen) atoms. The van der Waals surface area contributed by atoms with Gasteiger partial charge in [0.25, 0.3) is 0 Å². The molecule has 0 spiro atoms. The van der Waals surface area contributed by atoms with Gasteiger partial charge >= 0.3 is 0 Å². The van der Waals surface area contributed by atoms with E-state index in [1.807, 2.05) is 0 Å². The Morgan fingerprint density at radius 1 is 0.708 bits per heavy atom. The summed E-state index contributed by atoms with van der Waals surface area (Å²) in [5.74, 6) is 0. The number of rotatable bonds is 16. The summed E-state index contributed by atoms with van der Waals surface area (Å²) in [5, 5.41) is 0.398. The Balaban J connectivity index is 1.80. The SMILES string of the molecule is CCCCCCCCCCCCCCCCC1([SiH2]C)CCCCO1. The molecular weight excluding hydrogens is 308 g/mol. The lowest BCUT2D eigenvalue weighted by Crippen LogP contribution is -2.41. The zero-order valence-corrected chi connectivity index (χ0v) is 18.5. The van der Waals surface area contributed by atoms with Crippen molar-refractivity contribution in [1.29, 1.82) is 0 Å². The molecule has 0 saturated carbocycles. The van der Waals surface area contributed by atoms with Crippen LogP contribution in [0.3, 0.4) is 0 Å². The quantitative estimate of drug-likeness (QED) is 0.215. The van der Waals surface area contributed by atoms with Gasteiger partial charge in [-0.25, -0.2) is 0 Å². The fourth-order valence-corrected chi connectivity index (χ4v) is 5.76. The fraction of sp³-hybridized carbons (Fsp3) is 1.00. The molecule has 0 N–H and O–H groups in total. The number of hydrogen-bond donors (Lipinski definition) is 0. The van der Waals surface area contributed by atoms with Crippen molar-refractivity contribution in [2.75, 3.05) is 6.61 Å². The van der Waals surface area contributed by atoms with Crippen LogP contribution in [-0.4, -0.2) is 21.4 Å². The van der Waals surface area contributed by atoms with Crippen molar-refractivity contribution in [3.05, 3.63) is 0 Å². The fourth-order valence-electron chi connectivity index (χ4n) is 4.20. The molecule has 0 aliphatic carbocycles. The molecule has 0 aromatic rings. The Morgan fingerprint density at radius 2 is 1.21 bits per heavy atom. The van der Waals surface area contributed by atoms with E-state index in [-0.39, 0.29) is 9.52 Å². The van der Waals surface area contributed by atoms with Crippen LogP contribution >= 0.6 is 0 Å². The van der Waals surface area contributed by atoms with Gasteiger partial charge < -0.3 is 4.74 Å². The summed E-state index contributed by atoms with van der Waals surface area (Å²) in [7, 11) is -0.0241. The van der Waals surface area contributed by atoms with Gasteiger partial charge in [0.2, 0.25) is 0 Å². The van der Waals surface area contributed by atoms with Gasteiger partial charge in [0, 0.05) is 6.61 Å². The molecule has 0 amide bonds. The van der Waals surface area contributed by atoms with Crippen molar-refractivity contribution < 1.29 is 4.74 Å². The Hall–Kier alpha value is 0.177. The second-order valence-corrected chi connectivity index (χ2v) is 10.2. The normalized spacial score (nSPS) is 21.8. The minimum Gasteiger partial charge on any atom is -0.379 e. The van der Waals surface area contributed by atoms with E-state index in [9.17, 15) is 0 Å². The molecular formula is C22H46OSi. The topological polar surface area (TPSA) is 9.23 Å². The Morgan fingerprint density at radius 3 is 1.62 bits per heavy atom. The average Bonchev–Trinajstić information content (AvgIpc) is 2.63. The molecule has 1 nitrogen and oxygen atoms in total. The van der Waals surface area contributed by atoms with E-state index in [1.54, 1.807) is 0 Å². The van der Waals surface area contributed by atoms with Gasteiger partial charge in [0.15, 0.2) is 0 Å². The van der Waals surface area contributed by atoms with E-state index in [0.717, 1.165) is 6.61 Å². The maximum atomic E-state index is 6.19. The molecule has 1 aliphatic heterocycles. The van der Waals surface area contributed by atoms with E-state index < -0.39 is 0 Å². The molecule has 1 aliphatic rings. The Kier molecular flexibility index (Phi) is 14.3. The number of ether oxygens (including phenoxy) is 1. The summed E-state index contributed by atoms with van der Waals surface area (Å²) in [6.45, 7) is 5.79. The molecule has 0 aromatic heterocycles. The predicted molar refractivity (Wildman–Crippen MR) is 112 cm³/mol. The zero-order valence-electron chi connectivity index (χ0n) is 17.1. The molecule has 1 heterocycles. The lowest BCUT2D eigenvalue weighted by atomic mass is 10.0. The first-order valence-corrected chi connectivity index (χ1v) is 13.6. The monoisotopic (exact) mass is 354 g/mol. The van der Waals surface area contributed by atoms with Crippen LogP contribution in [0.15, 0.2) is 0 Å². The third-order valence-electron chi connectivity index (χ3n) is 6.07. The van der Waals surface area contributed by atoms with Gasteiger partial charge in [0.05, 0.1) is 14.7 Å². The van der Waals surface area contributed by atoms with E-state index >= 15 is 0 Å².